The standard InChI is InChI=1S/C14H24N2S/c1-5-6-10-7-12(10)15-8-11-9-16-13(17-11)14(2,3)4/h9-10,12,15H,5-8H2,1-4H3. The molecule has 3 heteroatoms. The van der Waals surface area contributed by atoms with Crippen LogP contribution in [0.5, 0.6) is 0 Å². The molecule has 1 aromatic heterocycles. The smallest absolute Gasteiger partial charge is 0.0981 e. The monoisotopic (exact) mass is 252 g/mol. The van der Waals surface area contributed by atoms with Crippen LogP contribution in [0.3, 0.4) is 0 Å². The minimum Gasteiger partial charge on any atom is -0.309 e. The van der Waals surface area contributed by atoms with Gasteiger partial charge in [0.1, 0.15) is 0 Å². The first kappa shape index (κ1) is 13.0. The maximum absolute atomic E-state index is 4.52. The summed E-state index contributed by atoms with van der Waals surface area (Å²) in [6.45, 7) is 9.94. The van der Waals surface area contributed by atoms with Crippen LogP contribution in [0.15, 0.2) is 6.20 Å². The third-order valence-electron chi connectivity index (χ3n) is 3.32. The number of thiazole rings is 1. The van der Waals surface area contributed by atoms with E-state index in [0.717, 1.165) is 18.5 Å². The Morgan fingerprint density at radius 2 is 2.24 bits per heavy atom. The van der Waals surface area contributed by atoms with Crippen molar-refractivity contribution in [3.05, 3.63) is 16.1 Å². The first-order valence-corrected chi connectivity index (χ1v) is 7.51. The van der Waals surface area contributed by atoms with E-state index in [0.29, 0.717) is 0 Å². The van der Waals surface area contributed by atoms with Crippen LogP contribution >= 0.6 is 11.3 Å². The summed E-state index contributed by atoms with van der Waals surface area (Å²) in [5.41, 5.74) is 0.188. The van der Waals surface area contributed by atoms with E-state index in [1.165, 1.54) is 29.1 Å². The second-order valence-corrected chi connectivity index (χ2v) is 7.27. The Morgan fingerprint density at radius 3 is 2.82 bits per heavy atom. The van der Waals surface area contributed by atoms with Crippen LogP contribution in [-0.4, -0.2) is 11.0 Å². The summed E-state index contributed by atoms with van der Waals surface area (Å²) in [5.74, 6) is 0.940. The zero-order chi connectivity index (χ0) is 12.5. The average molecular weight is 252 g/mol. The van der Waals surface area contributed by atoms with Gasteiger partial charge in [-0.25, -0.2) is 4.98 Å². The lowest BCUT2D eigenvalue weighted by Crippen LogP contribution is -2.16. The van der Waals surface area contributed by atoms with Gasteiger partial charge in [-0.2, -0.15) is 0 Å². The summed E-state index contributed by atoms with van der Waals surface area (Å²) in [6.07, 6.45) is 6.11. The van der Waals surface area contributed by atoms with Gasteiger partial charge in [0.15, 0.2) is 0 Å². The number of hydrogen-bond acceptors (Lipinski definition) is 3. The van der Waals surface area contributed by atoms with Crippen molar-refractivity contribution in [3.63, 3.8) is 0 Å². The summed E-state index contributed by atoms with van der Waals surface area (Å²) in [5, 5.41) is 4.89. The first-order valence-electron chi connectivity index (χ1n) is 6.69. The van der Waals surface area contributed by atoms with Crippen LogP contribution in [0.4, 0.5) is 0 Å². The van der Waals surface area contributed by atoms with Crippen molar-refractivity contribution in [1.29, 1.82) is 0 Å². The molecule has 2 nitrogen and oxygen atoms in total. The number of rotatable bonds is 5. The number of nitrogens with one attached hydrogen (secondary N) is 1. The summed E-state index contributed by atoms with van der Waals surface area (Å²) >= 11 is 1.85. The van der Waals surface area contributed by atoms with Gasteiger partial charge in [0, 0.05) is 29.1 Å². The van der Waals surface area contributed by atoms with Gasteiger partial charge >= 0.3 is 0 Å². The zero-order valence-corrected chi connectivity index (χ0v) is 12.2. The van der Waals surface area contributed by atoms with Crippen LogP contribution in [-0.2, 0) is 12.0 Å². The largest absolute Gasteiger partial charge is 0.309 e. The molecule has 1 aromatic rings. The number of hydrogen-bond donors (Lipinski definition) is 1. The molecule has 1 aliphatic carbocycles. The van der Waals surface area contributed by atoms with Crippen LogP contribution in [0.25, 0.3) is 0 Å². The van der Waals surface area contributed by atoms with Gasteiger partial charge in [-0.1, -0.05) is 34.1 Å². The topological polar surface area (TPSA) is 24.9 Å². The van der Waals surface area contributed by atoms with Crippen LogP contribution in [0, 0.1) is 5.92 Å². The van der Waals surface area contributed by atoms with Crippen molar-refractivity contribution in [2.75, 3.05) is 0 Å². The predicted molar refractivity (Wildman–Crippen MR) is 74.5 cm³/mol. The van der Waals surface area contributed by atoms with Crippen molar-refractivity contribution in [2.45, 2.75) is 65.0 Å². The normalized spacial score (nSPS) is 24.0. The van der Waals surface area contributed by atoms with E-state index in [1.54, 1.807) is 0 Å². The Labute approximate surface area is 109 Å². The van der Waals surface area contributed by atoms with E-state index in [4.69, 9.17) is 0 Å². The molecule has 1 fully saturated rings. The molecule has 1 heterocycles. The predicted octanol–water partition coefficient (Wildman–Crippen LogP) is 3.72. The van der Waals surface area contributed by atoms with Gasteiger partial charge in [-0.3, -0.25) is 0 Å². The van der Waals surface area contributed by atoms with Crippen molar-refractivity contribution in [2.24, 2.45) is 5.92 Å². The van der Waals surface area contributed by atoms with Crippen LogP contribution in [0.2, 0.25) is 0 Å². The molecule has 2 atom stereocenters. The van der Waals surface area contributed by atoms with Crippen molar-refractivity contribution >= 4 is 11.3 Å². The van der Waals surface area contributed by atoms with Crippen LogP contribution < -0.4 is 5.32 Å². The van der Waals surface area contributed by atoms with E-state index >= 15 is 0 Å². The highest BCUT2D eigenvalue weighted by Crippen LogP contribution is 2.35. The lowest BCUT2D eigenvalue weighted by atomic mass is 9.98. The third kappa shape index (κ3) is 3.52. The molecule has 0 amide bonds. The molecule has 0 spiro atoms. The van der Waals surface area contributed by atoms with E-state index in [-0.39, 0.29) is 5.41 Å². The second kappa shape index (κ2) is 5.07. The fraction of sp³-hybridized carbons (Fsp3) is 0.786. The summed E-state index contributed by atoms with van der Waals surface area (Å²) in [4.78, 5) is 5.89. The van der Waals surface area contributed by atoms with E-state index in [9.17, 15) is 0 Å². The molecular formula is C14H24N2S. The quantitative estimate of drug-likeness (QED) is 0.864. The Bertz CT molecular complexity index is 365. The maximum Gasteiger partial charge on any atom is 0.0981 e. The summed E-state index contributed by atoms with van der Waals surface area (Å²) < 4.78 is 0. The highest BCUT2D eigenvalue weighted by molar-refractivity contribution is 7.11. The summed E-state index contributed by atoms with van der Waals surface area (Å²) in [6, 6.07) is 0.773. The zero-order valence-electron chi connectivity index (χ0n) is 11.4. The molecule has 1 saturated carbocycles. The lowest BCUT2D eigenvalue weighted by Gasteiger charge is -2.13. The van der Waals surface area contributed by atoms with Gasteiger partial charge in [-0.15, -0.1) is 11.3 Å². The highest BCUT2D eigenvalue weighted by atomic mass is 32.1. The lowest BCUT2D eigenvalue weighted by molar-refractivity contribution is 0.585. The molecule has 0 aromatic carbocycles. The molecule has 0 saturated heterocycles. The molecule has 1 N–H and O–H groups in total. The minimum atomic E-state index is 0.188. The molecule has 0 aliphatic heterocycles. The Balaban J connectivity index is 1.79. The molecule has 96 valence electrons. The van der Waals surface area contributed by atoms with Gasteiger partial charge in [0.2, 0.25) is 0 Å². The van der Waals surface area contributed by atoms with Crippen LogP contribution in [0.1, 0.15) is 56.8 Å². The molecule has 1 aliphatic rings. The minimum absolute atomic E-state index is 0.188. The average Bonchev–Trinajstić information content (AvgIpc) is 2.78. The Morgan fingerprint density at radius 1 is 1.47 bits per heavy atom. The number of nitrogens with zero attached hydrogens (tertiary/aromatic N) is 1. The van der Waals surface area contributed by atoms with Crippen molar-refractivity contribution in [1.82, 2.24) is 10.3 Å². The number of aromatic nitrogens is 1. The molecular weight excluding hydrogens is 228 g/mol. The summed E-state index contributed by atoms with van der Waals surface area (Å²) in [7, 11) is 0. The first-order chi connectivity index (χ1) is 8.00. The SMILES string of the molecule is CCCC1CC1NCc1cnc(C(C)(C)C)s1. The Kier molecular flexibility index (Phi) is 3.88. The Hall–Kier alpha value is -0.410. The van der Waals surface area contributed by atoms with E-state index < -0.39 is 0 Å². The maximum atomic E-state index is 4.52. The van der Waals surface area contributed by atoms with Gasteiger partial charge in [0.05, 0.1) is 5.01 Å². The molecule has 2 rings (SSSR count). The van der Waals surface area contributed by atoms with Gasteiger partial charge in [-0.05, 0) is 18.8 Å². The van der Waals surface area contributed by atoms with Crippen molar-refractivity contribution in [3.8, 4) is 0 Å². The molecule has 17 heavy (non-hydrogen) atoms. The van der Waals surface area contributed by atoms with Gasteiger partial charge in [0.25, 0.3) is 0 Å². The fourth-order valence-corrected chi connectivity index (χ4v) is 3.08. The molecule has 0 bridgehead atoms. The highest BCUT2D eigenvalue weighted by Gasteiger charge is 2.35. The third-order valence-corrected chi connectivity index (χ3v) is 4.74. The van der Waals surface area contributed by atoms with Crippen molar-refractivity contribution < 1.29 is 0 Å². The molecule has 0 radical (unpaired) electrons. The van der Waals surface area contributed by atoms with Gasteiger partial charge < -0.3 is 5.32 Å². The molecule has 2 unspecified atom stereocenters. The van der Waals surface area contributed by atoms with E-state index in [2.05, 4.69) is 38.0 Å². The van der Waals surface area contributed by atoms with E-state index in [1.807, 2.05) is 17.5 Å². The fourth-order valence-electron chi connectivity index (χ4n) is 2.16. The second-order valence-electron chi connectivity index (χ2n) is 6.15.